The Kier molecular flexibility index (Phi) is 1.83. The molecule has 0 heterocycles. The van der Waals surface area contributed by atoms with E-state index in [1.807, 2.05) is 0 Å². The van der Waals surface area contributed by atoms with Gasteiger partial charge in [0.25, 0.3) is 0 Å². The molecule has 2 heteroatoms. The molecule has 21 valence electrons. The quantitative estimate of drug-likeness (QED) is 0.237. The van der Waals surface area contributed by atoms with E-state index in [1.165, 1.54) is 0 Å². The van der Waals surface area contributed by atoms with Gasteiger partial charge in [-0.25, -0.2) is 0 Å². The Morgan fingerprint density at radius 1 is 2.00 bits per heavy atom. The van der Waals surface area contributed by atoms with Gasteiger partial charge in [0, 0.05) is 12.4 Å². The van der Waals surface area contributed by atoms with E-state index in [2.05, 4.69) is 11.7 Å². The standard InChI is InChI=1S/C2H2NO/c1-2-3-4/h1,4H. The minimum absolute atomic E-state index is 1.61. The van der Waals surface area contributed by atoms with Crippen molar-refractivity contribution in [2.45, 2.75) is 0 Å². The van der Waals surface area contributed by atoms with Crippen molar-refractivity contribution >= 4 is 5.87 Å². The molecule has 4 heavy (non-hydrogen) atoms. The fraction of sp³-hybridized carbons (Fsp3) is 0. The summed E-state index contributed by atoms with van der Waals surface area (Å²) < 4.78 is 0. The van der Waals surface area contributed by atoms with Gasteiger partial charge >= 0.3 is 0 Å². The lowest BCUT2D eigenvalue weighted by Crippen LogP contribution is -1.38. The molecule has 0 rings (SSSR count). The van der Waals surface area contributed by atoms with Crippen molar-refractivity contribution in [2.24, 2.45) is 5.16 Å². The fourth-order valence-electron chi connectivity index (χ4n) is 0. The molecule has 0 unspecified atom stereocenters. The van der Waals surface area contributed by atoms with Gasteiger partial charge < -0.3 is 5.21 Å². The molecule has 0 aliphatic heterocycles. The largest absolute Gasteiger partial charge is 0.404 e. The van der Waals surface area contributed by atoms with Gasteiger partial charge in [0.05, 0.1) is 0 Å². The summed E-state index contributed by atoms with van der Waals surface area (Å²) in [4.78, 5) is 0. The molecular formula is C2H2NO. The lowest BCUT2D eigenvalue weighted by atomic mass is 11.2. The maximum Gasteiger partial charge on any atom is 0.0290 e. The smallest absolute Gasteiger partial charge is 0.0290 e. The molecule has 0 aromatic rings. The SMILES string of the molecule is [CH]=C=NO. The minimum Gasteiger partial charge on any atom is -0.404 e. The van der Waals surface area contributed by atoms with Gasteiger partial charge in [-0.1, -0.05) is 0 Å². The zero-order chi connectivity index (χ0) is 3.41. The Bertz CT molecular complexity index is 44.0. The Hall–Kier alpha value is -0.750. The predicted octanol–water partition coefficient (Wildman–Crippen LogP) is 0.0345. The van der Waals surface area contributed by atoms with Crippen LogP contribution >= 0.6 is 0 Å². The third kappa shape index (κ3) is 1.25. The second-order valence-electron chi connectivity index (χ2n) is 0.229. The Labute approximate surface area is 24.1 Å². The van der Waals surface area contributed by atoms with Gasteiger partial charge in [-0.3, -0.25) is 0 Å². The number of hydrogen-bond acceptors (Lipinski definition) is 2. The van der Waals surface area contributed by atoms with E-state index in [4.69, 9.17) is 5.21 Å². The van der Waals surface area contributed by atoms with Crippen LogP contribution in [0, 0.1) is 6.58 Å². The summed E-state index contributed by atoms with van der Waals surface area (Å²) in [6, 6.07) is 0. The molecule has 0 aliphatic carbocycles. The van der Waals surface area contributed by atoms with E-state index < -0.39 is 0 Å². The van der Waals surface area contributed by atoms with Crippen LogP contribution in [0.3, 0.4) is 0 Å². The topological polar surface area (TPSA) is 32.6 Å². The molecule has 0 bridgehead atoms. The van der Waals surface area contributed by atoms with E-state index in [1.54, 1.807) is 5.87 Å². The van der Waals surface area contributed by atoms with E-state index in [0.29, 0.717) is 0 Å². The van der Waals surface area contributed by atoms with E-state index in [9.17, 15) is 0 Å². The summed E-state index contributed by atoms with van der Waals surface area (Å²) in [7, 11) is 0. The van der Waals surface area contributed by atoms with Crippen LogP contribution in [0.15, 0.2) is 5.16 Å². The Morgan fingerprint density at radius 2 is 2.25 bits per heavy atom. The van der Waals surface area contributed by atoms with Gasteiger partial charge in [-0.15, -0.1) is 0 Å². The highest BCUT2D eigenvalue weighted by molar-refractivity contribution is 5.42. The van der Waals surface area contributed by atoms with Crippen molar-refractivity contribution < 1.29 is 5.21 Å². The molecule has 0 saturated carbocycles. The zero-order valence-electron chi connectivity index (χ0n) is 1.97. The maximum atomic E-state index is 7.26. The van der Waals surface area contributed by atoms with Crippen molar-refractivity contribution in [1.29, 1.82) is 0 Å². The summed E-state index contributed by atoms with van der Waals surface area (Å²) in [6.45, 7) is 4.36. The molecule has 2 nitrogen and oxygen atoms in total. The van der Waals surface area contributed by atoms with Crippen LogP contribution in [-0.2, 0) is 0 Å². The average Bonchev–Trinajstić information content (AvgIpc) is 1.37. The molecule has 0 atom stereocenters. The lowest BCUT2D eigenvalue weighted by Gasteiger charge is -1.44. The maximum absolute atomic E-state index is 7.26. The first-order valence-electron chi connectivity index (χ1n) is 0.712. The van der Waals surface area contributed by atoms with Crippen LogP contribution < -0.4 is 0 Å². The molecule has 0 spiro atoms. The highest BCUT2D eigenvalue weighted by Crippen LogP contribution is 1.27. The number of nitrogens with zero attached hydrogens (tertiary/aromatic N) is 1. The van der Waals surface area contributed by atoms with Crippen molar-refractivity contribution in [1.82, 2.24) is 0 Å². The number of rotatable bonds is 0. The number of hydrogen-bond donors (Lipinski definition) is 1. The lowest BCUT2D eigenvalue weighted by molar-refractivity contribution is 0.323. The van der Waals surface area contributed by atoms with Gasteiger partial charge in [0.15, 0.2) is 0 Å². The van der Waals surface area contributed by atoms with Crippen molar-refractivity contribution in [3.63, 3.8) is 0 Å². The van der Waals surface area contributed by atoms with Gasteiger partial charge in [0.1, 0.15) is 0 Å². The monoisotopic (exact) mass is 56.0 g/mol. The summed E-state index contributed by atoms with van der Waals surface area (Å²) in [5.41, 5.74) is 0. The highest BCUT2D eigenvalue weighted by Gasteiger charge is 1.22. The van der Waals surface area contributed by atoms with Crippen LogP contribution in [0.5, 0.6) is 0 Å². The summed E-state index contributed by atoms with van der Waals surface area (Å²) in [6.07, 6.45) is 0. The van der Waals surface area contributed by atoms with Crippen LogP contribution in [0.4, 0.5) is 0 Å². The van der Waals surface area contributed by atoms with Gasteiger partial charge in [0.2, 0.25) is 0 Å². The van der Waals surface area contributed by atoms with Crippen molar-refractivity contribution in [3.05, 3.63) is 6.58 Å². The molecular weight excluding hydrogens is 54.0 g/mol. The van der Waals surface area contributed by atoms with E-state index in [-0.39, 0.29) is 0 Å². The van der Waals surface area contributed by atoms with Crippen LogP contribution in [-0.4, -0.2) is 11.1 Å². The molecule has 0 aromatic heterocycles. The van der Waals surface area contributed by atoms with Crippen molar-refractivity contribution in [2.75, 3.05) is 0 Å². The van der Waals surface area contributed by atoms with E-state index >= 15 is 0 Å². The van der Waals surface area contributed by atoms with Gasteiger partial charge in [-0.2, -0.15) is 0 Å². The molecule has 0 aromatic carbocycles. The summed E-state index contributed by atoms with van der Waals surface area (Å²) >= 11 is 0. The summed E-state index contributed by atoms with van der Waals surface area (Å²) in [5.74, 6) is 1.61. The second kappa shape index (κ2) is 2.25. The Balaban J connectivity index is 3.11. The molecule has 0 saturated heterocycles. The first-order valence-corrected chi connectivity index (χ1v) is 0.712. The van der Waals surface area contributed by atoms with E-state index in [0.717, 1.165) is 0 Å². The average molecular weight is 56.0 g/mol. The van der Waals surface area contributed by atoms with Crippen molar-refractivity contribution in [3.8, 4) is 0 Å². The Morgan fingerprint density at radius 3 is 2.25 bits per heavy atom. The second-order valence-corrected chi connectivity index (χ2v) is 0.229. The third-order valence-corrected chi connectivity index (χ3v) is 0.0577. The normalized spacial score (nSPS) is 4.00. The van der Waals surface area contributed by atoms with Crippen LogP contribution in [0.2, 0.25) is 0 Å². The molecule has 0 fully saturated rings. The fourth-order valence-corrected chi connectivity index (χ4v) is 0. The predicted molar refractivity (Wildman–Crippen MR) is 13.5 cm³/mol. The highest BCUT2D eigenvalue weighted by atomic mass is 16.4. The van der Waals surface area contributed by atoms with Gasteiger partial charge in [-0.05, 0) is 5.16 Å². The third-order valence-electron chi connectivity index (χ3n) is 0.0577. The minimum atomic E-state index is 1.61. The van der Waals surface area contributed by atoms with Crippen LogP contribution in [0.25, 0.3) is 0 Å². The first kappa shape index (κ1) is 3.25. The molecule has 1 radical (unpaired) electrons. The molecule has 0 amide bonds. The molecule has 1 N–H and O–H groups in total. The molecule has 0 aliphatic rings. The first-order chi connectivity index (χ1) is 1.91. The summed E-state index contributed by atoms with van der Waals surface area (Å²) in [5, 5.41) is 9.53. The zero-order valence-corrected chi connectivity index (χ0v) is 1.97. The van der Waals surface area contributed by atoms with Crippen LogP contribution in [0.1, 0.15) is 0 Å².